The number of rotatable bonds is 3. The first-order valence-electron chi connectivity index (χ1n) is 5.71. The zero-order valence-electron chi connectivity index (χ0n) is 10.7. The molecule has 9 heteroatoms. The Kier molecular flexibility index (Phi) is 3.45. The summed E-state index contributed by atoms with van der Waals surface area (Å²) < 4.78 is 0. The van der Waals surface area contributed by atoms with E-state index in [-0.39, 0.29) is 29.9 Å². The van der Waals surface area contributed by atoms with Gasteiger partial charge in [0, 0.05) is 27.2 Å². The fraction of sp³-hybridized carbons (Fsp3) is 0.500. The first-order valence-corrected chi connectivity index (χ1v) is 5.71. The predicted molar refractivity (Wildman–Crippen MR) is 68.1 cm³/mol. The van der Waals surface area contributed by atoms with E-state index >= 15 is 0 Å². The van der Waals surface area contributed by atoms with Crippen molar-refractivity contribution in [3.63, 3.8) is 0 Å². The summed E-state index contributed by atoms with van der Waals surface area (Å²) in [6.07, 6.45) is 1.15. The SMILES string of the molecule is CNc1ncc([N+](=O)[O-])c(N2CCN(C)C(=O)C2)n1. The van der Waals surface area contributed by atoms with Gasteiger partial charge in [0.15, 0.2) is 0 Å². The van der Waals surface area contributed by atoms with E-state index in [0.29, 0.717) is 13.1 Å². The number of piperazine rings is 1. The van der Waals surface area contributed by atoms with Gasteiger partial charge in [-0.2, -0.15) is 4.98 Å². The lowest BCUT2D eigenvalue weighted by molar-refractivity contribution is -0.384. The van der Waals surface area contributed by atoms with Crippen LogP contribution in [0.2, 0.25) is 0 Å². The molecule has 1 fully saturated rings. The number of hydrogen-bond donors (Lipinski definition) is 1. The van der Waals surface area contributed by atoms with E-state index in [4.69, 9.17) is 0 Å². The second-order valence-corrected chi connectivity index (χ2v) is 4.15. The van der Waals surface area contributed by atoms with Crippen LogP contribution in [-0.2, 0) is 4.79 Å². The van der Waals surface area contributed by atoms with Gasteiger partial charge in [0.25, 0.3) is 0 Å². The van der Waals surface area contributed by atoms with Crippen LogP contribution in [0.5, 0.6) is 0 Å². The zero-order valence-corrected chi connectivity index (χ0v) is 10.7. The zero-order chi connectivity index (χ0) is 14.0. The predicted octanol–water partition coefficient (Wildman–Crippen LogP) is -0.295. The highest BCUT2D eigenvalue weighted by molar-refractivity contribution is 5.83. The van der Waals surface area contributed by atoms with E-state index in [9.17, 15) is 14.9 Å². The molecule has 1 aliphatic rings. The lowest BCUT2D eigenvalue weighted by Crippen LogP contribution is -2.49. The molecule has 2 heterocycles. The van der Waals surface area contributed by atoms with E-state index in [2.05, 4.69) is 15.3 Å². The van der Waals surface area contributed by atoms with Gasteiger partial charge in [0.1, 0.15) is 6.20 Å². The van der Waals surface area contributed by atoms with Gasteiger partial charge >= 0.3 is 5.69 Å². The van der Waals surface area contributed by atoms with Crippen LogP contribution in [0.4, 0.5) is 17.5 Å². The Morgan fingerprint density at radius 1 is 1.47 bits per heavy atom. The van der Waals surface area contributed by atoms with Crippen molar-refractivity contribution < 1.29 is 9.72 Å². The van der Waals surface area contributed by atoms with Crippen molar-refractivity contribution in [2.24, 2.45) is 0 Å². The first kappa shape index (κ1) is 13.0. The third-order valence-corrected chi connectivity index (χ3v) is 2.93. The van der Waals surface area contributed by atoms with E-state index in [1.165, 1.54) is 0 Å². The third kappa shape index (κ3) is 2.54. The summed E-state index contributed by atoms with van der Waals surface area (Å²) in [5.41, 5.74) is -0.198. The number of nitrogens with one attached hydrogen (secondary N) is 1. The fourth-order valence-corrected chi connectivity index (χ4v) is 1.79. The van der Waals surface area contributed by atoms with E-state index in [1.807, 2.05) is 0 Å². The molecule has 1 N–H and O–H groups in total. The summed E-state index contributed by atoms with van der Waals surface area (Å²) in [5, 5.41) is 13.7. The maximum Gasteiger partial charge on any atom is 0.329 e. The highest BCUT2D eigenvalue weighted by Crippen LogP contribution is 2.26. The molecule has 0 aromatic carbocycles. The number of carbonyl (C=O) groups excluding carboxylic acids is 1. The summed E-state index contributed by atoms with van der Waals surface area (Å²) >= 11 is 0. The molecular formula is C10H14N6O3. The molecule has 1 aromatic heterocycles. The van der Waals surface area contributed by atoms with Gasteiger partial charge in [-0.3, -0.25) is 14.9 Å². The monoisotopic (exact) mass is 266 g/mol. The molecule has 0 unspecified atom stereocenters. The topological polar surface area (TPSA) is 104 Å². The van der Waals surface area contributed by atoms with Crippen LogP contribution in [0.25, 0.3) is 0 Å². The number of aromatic nitrogens is 2. The molecular weight excluding hydrogens is 252 g/mol. The molecule has 9 nitrogen and oxygen atoms in total. The Bertz CT molecular complexity index is 520. The molecule has 1 aliphatic heterocycles. The molecule has 0 radical (unpaired) electrons. The van der Waals surface area contributed by atoms with Crippen LogP contribution in [0.1, 0.15) is 0 Å². The summed E-state index contributed by atoms with van der Waals surface area (Å²) in [6.45, 7) is 1.09. The van der Waals surface area contributed by atoms with E-state index in [0.717, 1.165) is 6.20 Å². The van der Waals surface area contributed by atoms with Crippen molar-refractivity contribution in [3.05, 3.63) is 16.3 Å². The molecule has 0 spiro atoms. The van der Waals surface area contributed by atoms with Crippen molar-refractivity contribution in [3.8, 4) is 0 Å². The quantitative estimate of drug-likeness (QED) is 0.591. The van der Waals surface area contributed by atoms with Crippen molar-refractivity contribution in [2.45, 2.75) is 0 Å². The van der Waals surface area contributed by atoms with Gasteiger partial charge in [-0.25, -0.2) is 4.98 Å². The minimum Gasteiger partial charge on any atom is -0.357 e. The molecule has 0 saturated carbocycles. The number of likely N-dealkylation sites (N-methyl/N-ethyl adjacent to an activating group) is 1. The Morgan fingerprint density at radius 3 is 2.79 bits per heavy atom. The second-order valence-electron chi connectivity index (χ2n) is 4.15. The minimum atomic E-state index is -0.544. The molecule has 2 rings (SSSR count). The average molecular weight is 266 g/mol. The average Bonchev–Trinajstić information content (AvgIpc) is 2.41. The third-order valence-electron chi connectivity index (χ3n) is 2.93. The van der Waals surface area contributed by atoms with Gasteiger partial charge in [-0.1, -0.05) is 0 Å². The fourth-order valence-electron chi connectivity index (χ4n) is 1.79. The standard InChI is InChI=1S/C10H14N6O3/c1-11-10-12-5-7(16(18)19)9(13-10)15-4-3-14(2)8(17)6-15/h5H,3-4,6H2,1-2H3,(H,11,12,13). The van der Waals surface area contributed by atoms with Crippen LogP contribution in [-0.4, -0.2) is 59.4 Å². The minimum absolute atomic E-state index is 0.0809. The van der Waals surface area contributed by atoms with E-state index in [1.54, 1.807) is 23.9 Å². The van der Waals surface area contributed by atoms with Gasteiger partial charge in [-0.15, -0.1) is 0 Å². The molecule has 102 valence electrons. The maximum atomic E-state index is 11.7. The van der Waals surface area contributed by atoms with Crippen molar-refractivity contribution in [2.75, 3.05) is 43.9 Å². The van der Waals surface area contributed by atoms with Crippen molar-refractivity contribution >= 4 is 23.4 Å². The largest absolute Gasteiger partial charge is 0.357 e. The molecule has 19 heavy (non-hydrogen) atoms. The number of amides is 1. The van der Waals surface area contributed by atoms with Gasteiger partial charge in [-0.05, 0) is 0 Å². The summed E-state index contributed by atoms with van der Waals surface area (Å²) in [7, 11) is 3.33. The second kappa shape index (κ2) is 5.04. The Labute approximate surface area is 109 Å². The highest BCUT2D eigenvalue weighted by atomic mass is 16.6. The Hall–Kier alpha value is -2.45. The number of carbonyl (C=O) groups is 1. The number of hydrogen-bond acceptors (Lipinski definition) is 7. The molecule has 0 bridgehead atoms. The Balaban J connectivity index is 2.36. The number of nitrogens with zero attached hydrogens (tertiary/aromatic N) is 5. The van der Waals surface area contributed by atoms with Crippen molar-refractivity contribution in [1.82, 2.24) is 14.9 Å². The number of nitro groups is 1. The molecule has 0 atom stereocenters. The van der Waals surface area contributed by atoms with Crippen LogP contribution in [0.15, 0.2) is 6.20 Å². The molecule has 1 saturated heterocycles. The molecule has 0 aliphatic carbocycles. The van der Waals surface area contributed by atoms with Crippen LogP contribution >= 0.6 is 0 Å². The maximum absolute atomic E-state index is 11.7. The molecule has 1 amide bonds. The lowest BCUT2D eigenvalue weighted by Gasteiger charge is -2.32. The Morgan fingerprint density at radius 2 is 2.21 bits per heavy atom. The summed E-state index contributed by atoms with van der Waals surface area (Å²) in [5.74, 6) is 0.364. The van der Waals surface area contributed by atoms with Gasteiger partial charge in [0.2, 0.25) is 17.7 Å². The van der Waals surface area contributed by atoms with E-state index < -0.39 is 4.92 Å². The molecule has 1 aromatic rings. The van der Waals surface area contributed by atoms with Crippen LogP contribution in [0.3, 0.4) is 0 Å². The van der Waals surface area contributed by atoms with Gasteiger partial charge < -0.3 is 15.1 Å². The highest BCUT2D eigenvalue weighted by Gasteiger charge is 2.28. The number of anilines is 2. The van der Waals surface area contributed by atoms with Crippen molar-refractivity contribution in [1.29, 1.82) is 0 Å². The summed E-state index contributed by atoms with van der Waals surface area (Å²) in [4.78, 5) is 33.2. The van der Waals surface area contributed by atoms with Crippen LogP contribution < -0.4 is 10.2 Å². The smallest absolute Gasteiger partial charge is 0.329 e. The van der Waals surface area contributed by atoms with Gasteiger partial charge in [0.05, 0.1) is 11.5 Å². The van der Waals surface area contributed by atoms with Crippen LogP contribution in [0, 0.1) is 10.1 Å². The lowest BCUT2D eigenvalue weighted by atomic mass is 10.3. The summed E-state index contributed by atoms with van der Waals surface area (Å²) in [6, 6.07) is 0. The normalized spacial score (nSPS) is 15.6. The first-order chi connectivity index (χ1) is 9.02.